The standard InChI is InChI=1S/C18H16F2N6O3S/c19-16(20)29-14-4-2-13(3-5-14)18(30(22,27)28)7-12(8-23-10-18)11-1-6-15-24-17(21)25-26(15)9-11/h1-9,16H,10H2,(H2,21,25)(H2,22,27,28). The number of anilines is 1. The Balaban J connectivity index is 1.81. The van der Waals surface area contributed by atoms with Crippen molar-refractivity contribution < 1.29 is 21.9 Å². The highest BCUT2D eigenvalue weighted by molar-refractivity contribution is 7.90. The number of ether oxygens (including phenoxy) is 1. The van der Waals surface area contributed by atoms with E-state index in [0.29, 0.717) is 16.8 Å². The summed E-state index contributed by atoms with van der Waals surface area (Å²) in [7, 11) is -4.19. The van der Waals surface area contributed by atoms with Crippen molar-refractivity contribution in [2.45, 2.75) is 11.4 Å². The Labute approximate surface area is 169 Å². The molecule has 0 fully saturated rings. The van der Waals surface area contributed by atoms with Gasteiger partial charge >= 0.3 is 6.61 Å². The van der Waals surface area contributed by atoms with Gasteiger partial charge in [-0.05, 0) is 41.5 Å². The van der Waals surface area contributed by atoms with Crippen molar-refractivity contribution in [2.75, 3.05) is 12.3 Å². The second-order valence-corrected chi connectivity index (χ2v) is 8.42. The Bertz CT molecular complexity index is 1270. The Morgan fingerprint density at radius 3 is 2.57 bits per heavy atom. The number of nitrogens with zero attached hydrogens (tertiary/aromatic N) is 4. The van der Waals surface area contributed by atoms with Crippen LogP contribution >= 0.6 is 0 Å². The van der Waals surface area contributed by atoms with E-state index < -0.39 is 21.4 Å². The van der Waals surface area contributed by atoms with E-state index in [1.165, 1.54) is 41.1 Å². The van der Waals surface area contributed by atoms with Crippen LogP contribution in [-0.4, -0.2) is 42.4 Å². The number of dihydropyridines is 1. The first kappa shape index (κ1) is 19.9. The monoisotopic (exact) mass is 434 g/mol. The van der Waals surface area contributed by atoms with Crippen molar-refractivity contribution in [1.82, 2.24) is 14.6 Å². The lowest BCUT2D eigenvalue weighted by Crippen LogP contribution is -2.43. The van der Waals surface area contributed by atoms with E-state index in [2.05, 4.69) is 19.8 Å². The number of nitrogen functional groups attached to an aromatic ring is 1. The topological polar surface area (TPSA) is 138 Å². The lowest BCUT2D eigenvalue weighted by molar-refractivity contribution is -0.0498. The number of benzene rings is 1. The van der Waals surface area contributed by atoms with Crippen LogP contribution in [0.1, 0.15) is 11.1 Å². The summed E-state index contributed by atoms with van der Waals surface area (Å²) >= 11 is 0. The Hall–Kier alpha value is -3.38. The molecule has 2 aromatic heterocycles. The number of hydrogen-bond donors (Lipinski definition) is 2. The molecule has 1 aliphatic rings. The van der Waals surface area contributed by atoms with Crippen molar-refractivity contribution >= 4 is 33.4 Å². The maximum absolute atomic E-state index is 12.6. The van der Waals surface area contributed by atoms with Crippen molar-refractivity contribution in [1.29, 1.82) is 0 Å². The molecule has 1 unspecified atom stereocenters. The zero-order valence-corrected chi connectivity index (χ0v) is 16.1. The number of pyridine rings is 1. The smallest absolute Gasteiger partial charge is 0.387 e. The van der Waals surface area contributed by atoms with Crippen molar-refractivity contribution in [3.63, 3.8) is 0 Å². The van der Waals surface area contributed by atoms with Gasteiger partial charge in [0, 0.05) is 18.0 Å². The first-order valence-electron chi connectivity index (χ1n) is 8.61. The maximum Gasteiger partial charge on any atom is 0.387 e. The molecule has 0 bridgehead atoms. The third-order valence-corrected chi connectivity index (χ3v) is 6.20. The minimum atomic E-state index is -4.19. The fourth-order valence-electron chi connectivity index (χ4n) is 3.27. The number of halogens is 2. The number of sulfonamides is 1. The van der Waals surface area contributed by atoms with E-state index >= 15 is 0 Å². The van der Waals surface area contributed by atoms with Gasteiger partial charge in [-0.25, -0.2) is 18.1 Å². The predicted octanol–water partition coefficient (Wildman–Crippen LogP) is 1.56. The van der Waals surface area contributed by atoms with Gasteiger partial charge in [0.1, 0.15) is 10.5 Å². The van der Waals surface area contributed by atoms with Gasteiger partial charge in [0.25, 0.3) is 0 Å². The van der Waals surface area contributed by atoms with Gasteiger partial charge in [0.05, 0.1) is 6.54 Å². The summed E-state index contributed by atoms with van der Waals surface area (Å²) in [5.74, 6) is -0.000476. The summed E-state index contributed by atoms with van der Waals surface area (Å²) < 4.78 is 54.2. The van der Waals surface area contributed by atoms with Crippen LogP contribution in [0, 0.1) is 0 Å². The number of allylic oxidation sites excluding steroid dienone is 1. The molecule has 0 radical (unpaired) electrons. The number of alkyl halides is 2. The molecule has 0 spiro atoms. The summed E-state index contributed by atoms with van der Waals surface area (Å²) in [6.07, 6.45) is 4.65. The van der Waals surface area contributed by atoms with Gasteiger partial charge < -0.3 is 10.5 Å². The highest BCUT2D eigenvalue weighted by Crippen LogP contribution is 2.37. The molecular formula is C18H16F2N6O3S. The van der Waals surface area contributed by atoms with E-state index in [0.717, 1.165) is 0 Å². The van der Waals surface area contributed by atoms with Gasteiger partial charge in [-0.15, -0.1) is 5.10 Å². The number of primary sulfonamides is 1. The molecule has 9 nitrogen and oxygen atoms in total. The van der Waals surface area contributed by atoms with Gasteiger partial charge in [-0.3, -0.25) is 4.99 Å². The van der Waals surface area contributed by atoms with Crippen LogP contribution in [0.3, 0.4) is 0 Å². The molecule has 1 atom stereocenters. The average molecular weight is 434 g/mol. The second kappa shape index (κ2) is 7.15. The van der Waals surface area contributed by atoms with Gasteiger partial charge in [-0.1, -0.05) is 12.1 Å². The fourth-order valence-corrected chi connectivity index (χ4v) is 4.28. The van der Waals surface area contributed by atoms with Crippen LogP contribution < -0.4 is 15.6 Å². The summed E-state index contributed by atoms with van der Waals surface area (Å²) in [4.78, 5) is 8.25. The predicted molar refractivity (Wildman–Crippen MR) is 107 cm³/mol. The summed E-state index contributed by atoms with van der Waals surface area (Å²) in [5, 5.41) is 9.63. The third-order valence-electron chi connectivity index (χ3n) is 4.70. The highest BCUT2D eigenvalue weighted by atomic mass is 32.2. The summed E-state index contributed by atoms with van der Waals surface area (Å²) in [6.45, 7) is -3.15. The van der Waals surface area contributed by atoms with Gasteiger partial charge in [0.15, 0.2) is 5.65 Å². The molecular weight excluding hydrogens is 418 g/mol. The molecule has 0 aliphatic carbocycles. The molecule has 4 N–H and O–H groups in total. The van der Waals surface area contributed by atoms with Crippen LogP contribution in [0.4, 0.5) is 14.7 Å². The minimum Gasteiger partial charge on any atom is -0.435 e. The molecule has 156 valence electrons. The molecule has 0 amide bonds. The van der Waals surface area contributed by atoms with Gasteiger partial charge in [0.2, 0.25) is 16.0 Å². The lowest BCUT2D eigenvalue weighted by Gasteiger charge is -2.30. The summed E-state index contributed by atoms with van der Waals surface area (Å²) in [5.41, 5.74) is 7.49. The maximum atomic E-state index is 12.6. The van der Waals surface area contributed by atoms with Crippen molar-refractivity contribution in [3.8, 4) is 5.75 Å². The second-order valence-electron chi connectivity index (χ2n) is 6.60. The first-order chi connectivity index (χ1) is 14.2. The molecule has 0 saturated carbocycles. The molecule has 3 aromatic rings. The van der Waals surface area contributed by atoms with E-state index in [1.807, 2.05) is 0 Å². The quantitative estimate of drug-likeness (QED) is 0.625. The molecule has 1 aromatic carbocycles. The van der Waals surface area contributed by atoms with Gasteiger partial charge in [-0.2, -0.15) is 13.8 Å². The lowest BCUT2D eigenvalue weighted by atomic mass is 9.92. The Morgan fingerprint density at radius 2 is 1.90 bits per heavy atom. The minimum absolute atomic E-state index is 0.100. The van der Waals surface area contributed by atoms with E-state index in [1.54, 1.807) is 18.3 Å². The molecule has 3 heterocycles. The van der Waals surface area contributed by atoms with E-state index in [9.17, 15) is 17.2 Å². The van der Waals surface area contributed by atoms with Crippen molar-refractivity contribution in [3.05, 3.63) is 59.8 Å². The molecule has 4 rings (SSSR count). The fraction of sp³-hybridized carbons (Fsp3) is 0.167. The average Bonchev–Trinajstić information content (AvgIpc) is 3.06. The van der Waals surface area contributed by atoms with Crippen molar-refractivity contribution in [2.24, 2.45) is 10.1 Å². The highest BCUT2D eigenvalue weighted by Gasteiger charge is 2.43. The Morgan fingerprint density at radius 1 is 1.17 bits per heavy atom. The Kier molecular flexibility index (Phi) is 4.74. The molecule has 12 heteroatoms. The zero-order valence-electron chi connectivity index (χ0n) is 15.3. The number of aromatic nitrogens is 3. The zero-order chi connectivity index (χ0) is 21.5. The number of hydrogen-bond acceptors (Lipinski definition) is 7. The van der Waals surface area contributed by atoms with Crippen LogP contribution in [-0.2, 0) is 14.8 Å². The summed E-state index contributed by atoms with van der Waals surface area (Å²) in [6, 6.07) is 8.66. The van der Waals surface area contributed by atoms with Crippen LogP contribution in [0.2, 0.25) is 0 Å². The number of nitrogens with two attached hydrogens (primary N) is 2. The van der Waals surface area contributed by atoms with Crippen LogP contribution in [0.15, 0.2) is 53.7 Å². The van der Waals surface area contributed by atoms with E-state index in [-0.39, 0.29) is 23.8 Å². The number of fused-ring (bicyclic) bond motifs is 1. The normalized spacial score (nSPS) is 19.3. The van der Waals surface area contributed by atoms with Crippen LogP contribution in [0.25, 0.3) is 11.2 Å². The molecule has 0 saturated heterocycles. The van der Waals surface area contributed by atoms with E-state index in [4.69, 9.17) is 10.9 Å². The third kappa shape index (κ3) is 3.50. The SMILES string of the molecule is Nc1nc2ccc(C3=CC(c4ccc(OC(F)F)cc4)(S(N)(=O)=O)CN=C3)cn2n1. The number of aliphatic imine (C=N–C) groups is 1. The molecule has 30 heavy (non-hydrogen) atoms. The largest absolute Gasteiger partial charge is 0.435 e. The molecule has 1 aliphatic heterocycles. The first-order valence-corrected chi connectivity index (χ1v) is 10.2. The van der Waals surface area contributed by atoms with Crippen LogP contribution in [0.5, 0.6) is 5.75 Å². The number of rotatable bonds is 5.